The number of carboxylic acid groups (broad SMARTS) is 1. The van der Waals surface area contributed by atoms with E-state index in [1.807, 2.05) is 10.3 Å². The summed E-state index contributed by atoms with van der Waals surface area (Å²) in [6.45, 7) is 0.474. The quantitative estimate of drug-likeness (QED) is 0.666. The minimum absolute atomic E-state index is 0.00732. The second-order valence-corrected chi connectivity index (χ2v) is 3.30. The molecule has 0 saturated heterocycles. The summed E-state index contributed by atoms with van der Waals surface area (Å²) in [5.74, 6) is -0.0485. The lowest BCUT2D eigenvalue weighted by atomic mass is 10.3. The van der Waals surface area contributed by atoms with Crippen molar-refractivity contribution in [3.8, 4) is 0 Å². The maximum Gasteiger partial charge on any atom is 0.305 e. The maximum absolute atomic E-state index is 10.2. The number of carboxylic acids is 1. The van der Waals surface area contributed by atoms with Crippen molar-refractivity contribution in [1.29, 1.82) is 0 Å². The second kappa shape index (κ2) is 4.37. The van der Waals surface area contributed by atoms with Crippen molar-refractivity contribution in [2.24, 2.45) is 0 Å². The average molecular weight is 189 g/mol. The number of thioether (sulfide) groups is 1. The van der Waals surface area contributed by atoms with Gasteiger partial charge in [0.15, 0.2) is 0 Å². The van der Waals surface area contributed by atoms with Crippen molar-refractivity contribution in [2.75, 3.05) is 19.0 Å². The first-order valence-corrected chi connectivity index (χ1v) is 4.67. The number of aliphatic carboxylic acids is 1. The molecule has 1 aliphatic heterocycles. The molecule has 0 saturated carbocycles. The first-order valence-electron chi connectivity index (χ1n) is 3.62. The Hall–Kier alpha value is -0.680. The fourth-order valence-electron chi connectivity index (χ4n) is 0.957. The molecule has 1 aliphatic rings. The number of hydrogen-bond donors (Lipinski definition) is 2. The fraction of sp³-hybridized carbons (Fsp3) is 0.571. The molecule has 0 bridgehead atoms. The van der Waals surface area contributed by atoms with Crippen LogP contribution in [0.3, 0.4) is 0 Å². The highest BCUT2D eigenvalue weighted by Crippen LogP contribution is 2.22. The molecule has 68 valence electrons. The van der Waals surface area contributed by atoms with Gasteiger partial charge in [-0.05, 0) is 5.41 Å². The van der Waals surface area contributed by atoms with Gasteiger partial charge < -0.3 is 15.1 Å². The van der Waals surface area contributed by atoms with Crippen LogP contribution in [0.5, 0.6) is 0 Å². The predicted octanol–water partition coefficient (Wildman–Crippen LogP) is 0.301. The Labute approximate surface area is 74.9 Å². The normalized spacial score (nSPS) is 16.4. The van der Waals surface area contributed by atoms with Crippen LogP contribution in [0.15, 0.2) is 11.1 Å². The average Bonchev–Trinajstić information content (AvgIpc) is 2.47. The molecule has 4 nitrogen and oxygen atoms in total. The molecule has 0 aromatic heterocycles. The van der Waals surface area contributed by atoms with Crippen LogP contribution in [0.2, 0.25) is 0 Å². The number of nitrogens with zero attached hydrogens (tertiary/aromatic N) is 1. The molecule has 0 aromatic rings. The highest BCUT2D eigenvalue weighted by molar-refractivity contribution is 8.02. The van der Waals surface area contributed by atoms with Crippen LogP contribution in [0, 0.1) is 0 Å². The second-order valence-electron chi connectivity index (χ2n) is 2.47. The zero-order chi connectivity index (χ0) is 8.97. The smallest absolute Gasteiger partial charge is 0.305 e. The van der Waals surface area contributed by atoms with E-state index < -0.39 is 5.97 Å². The Bertz CT molecular complexity index is 205. The Morgan fingerprint density at radius 1 is 1.75 bits per heavy atom. The van der Waals surface area contributed by atoms with Gasteiger partial charge in [-0.3, -0.25) is 4.79 Å². The Morgan fingerprint density at radius 3 is 3.08 bits per heavy atom. The van der Waals surface area contributed by atoms with E-state index in [1.165, 1.54) is 0 Å². The lowest BCUT2D eigenvalue weighted by Crippen LogP contribution is -2.23. The van der Waals surface area contributed by atoms with Crippen molar-refractivity contribution in [1.82, 2.24) is 4.90 Å². The lowest BCUT2D eigenvalue weighted by Gasteiger charge is -2.18. The van der Waals surface area contributed by atoms with Gasteiger partial charge >= 0.3 is 5.97 Å². The highest BCUT2D eigenvalue weighted by Gasteiger charge is 2.14. The largest absolute Gasteiger partial charge is 0.481 e. The fourth-order valence-corrected chi connectivity index (χ4v) is 1.92. The maximum atomic E-state index is 10.2. The van der Waals surface area contributed by atoms with Gasteiger partial charge in [-0.2, -0.15) is 0 Å². The van der Waals surface area contributed by atoms with E-state index in [4.69, 9.17) is 10.2 Å². The molecule has 0 fully saturated rings. The van der Waals surface area contributed by atoms with E-state index in [1.54, 1.807) is 11.8 Å². The molecule has 0 amide bonds. The zero-order valence-corrected chi connectivity index (χ0v) is 7.38. The van der Waals surface area contributed by atoms with Crippen LogP contribution in [-0.2, 0) is 4.79 Å². The number of aliphatic hydroxyl groups is 1. The summed E-state index contributed by atoms with van der Waals surface area (Å²) in [6, 6.07) is 0. The van der Waals surface area contributed by atoms with Crippen molar-refractivity contribution in [3.63, 3.8) is 0 Å². The third-order valence-electron chi connectivity index (χ3n) is 1.61. The SMILES string of the molecule is O=C(O)CCN1CSC=C1CO. The number of aliphatic hydroxyl groups excluding tert-OH is 1. The molecule has 0 spiro atoms. The van der Waals surface area contributed by atoms with E-state index in [0.29, 0.717) is 6.54 Å². The molecule has 0 atom stereocenters. The van der Waals surface area contributed by atoms with Gasteiger partial charge in [0.25, 0.3) is 0 Å². The highest BCUT2D eigenvalue weighted by atomic mass is 32.2. The summed E-state index contributed by atoms with van der Waals surface area (Å²) in [5.41, 5.74) is 0.821. The first kappa shape index (κ1) is 9.41. The summed E-state index contributed by atoms with van der Waals surface area (Å²) in [6.07, 6.45) is 0.123. The van der Waals surface area contributed by atoms with Crippen LogP contribution in [0.1, 0.15) is 6.42 Å². The molecule has 2 N–H and O–H groups in total. The Kier molecular flexibility index (Phi) is 3.43. The molecule has 5 heteroatoms. The van der Waals surface area contributed by atoms with Gasteiger partial charge in [-0.1, -0.05) is 0 Å². The third-order valence-corrected chi connectivity index (χ3v) is 2.51. The van der Waals surface area contributed by atoms with Gasteiger partial charge in [-0.15, -0.1) is 11.8 Å². The summed E-state index contributed by atoms with van der Waals surface area (Å²) in [7, 11) is 0. The monoisotopic (exact) mass is 189 g/mol. The van der Waals surface area contributed by atoms with Crippen molar-refractivity contribution in [3.05, 3.63) is 11.1 Å². The van der Waals surface area contributed by atoms with Crippen LogP contribution in [0.4, 0.5) is 0 Å². The predicted molar refractivity (Wildman–Crippen MR) is 46.6 cm³/mol. The van der Waals surface area contributed by atoms with Gasteiger partial charge in [0.1, 0.15) is 0 Å². The van der Waals surface area contributed by atoms with Gasteiger partial charge in [0, 0.05) is 12.2 Å². The van der Waals surface area contributed by atoms with E-state index >= 15 is 0 Å². The molecular weight excluding hydrogens is 178 g/mol. The van der Waals surface area contributed by atoms with Crippen molar-refractivity contribution < 1.29 is 15.0 Å². The van der Waals surface area contributed by atoms with E-state index in [9.17, 15) is 4.79 Å². The van der Waals surface area contributed by atoms with Crippen molar-refractivity contribution >= 4 is 17.7 Å². The molecule has 0 aliphatic carbocycles. The Balaban J connectivity index is 2.33. The minimum Gasteiger partial charge on any atom is -0.481 e. The van der Waals surface area contributed by atoms with E-state index in [-0.39, 0.29) is 13.0 Å². The molecular formula is C7H11NO3S. The molecule has 0 radical (unpaired) electrons. The van der Waals surface area contributed by atoms with Crippen LogP contribution >= 0.6 is 11.8 Å². The summed E-state index contributed by atoms with van der Waals surface area (Å²) in [4.78, 5) is 12.1. The molecule has 1 rings (SSSR count). The van der Waals surface area contributed by atoms with Crippen LogP contribution < -0.4 is 0 Å². The number of rotatable bonds is 4. The van der Waals surface area contributed by atoms with Crippen LogP contribution in [-0.4, -0.2) is 40.1 Å². The topological polar surface area (TPSA) is 60.8 Å². The summed E-state index contributed by atoms with van der Waals surface area (Å²) < 4.78 is 0. The van der Waals surface area contributed by atoms with E-state index in [0.717, 1.165) is 11.6 Å². The lowest BCUT2D eigenvalue weighted by molar-refractivity contribution is -0.137. The molecule has 1 heterocycles. The van der Waals surface area contributed by atoms with Crippen LogP contribution in [0.25, 0.3) is 0 Å². The van der Waals surface area contributed by atoms with E-state index in [2.05, 4.69) is 0 Å². The molecule has 0 unspecified atom stereocenters. The standard InChI is InChI=1S/C7H11NO3S/c9-3-6-4-12-5-8(6)2-1-7(10)11/h4,9H,1-3,5H2,(H,10,11). The Morgan fingerprint density at radius 2 is 2.50 bits per heavy atom. The van der Waals surface area contributed by atoms with Gasteiger partial charge in [0.2, 0.25) is 0 Å². The first-order chi connectivity index (χ1) is 5.74. The van der Waals surface area contributed by atoms with Gasteiger partial charge in [-0.25, -0.2) is 0 Å². The summed E-state index contributed by atoms with van der Waals surface area (Å²) >= 11 is 1.58. The zero-order valence-electron chi connectivity index (χ0n) is 6.56. The summed E-state index contributed by atoms with van der Waals surface area (Å²) in [5, 5.41) is 19.1. The number of carbonyl (C=O) groups is 1. The number of hydrogen-bond acceptors (Lipinski definition) is 4. The minimum atomic E-state index is -0.802. The molecule has 0 aromatic carbocycles. The third kappa shape index (κ3) is 2.42. The van der Waals surface area contributed by atoms with Crippen molar-refractivity contribution in [2.45, 2.75) is 6.42 Å². The van der Waals surface area contributed by atoms with Gasteiger partial charge in [0.05, 0.1) is 18.9 Å². The molecule has 12 heavy (non-hydrogen) atoms.